The van der Waals surface area contributed by atoms with Gasteiger partial charge in [0.1, 0.15) is 12.4 Å². The van der Waals surface area contributed by atoms with Crippen LogP contribution in [0.3, 0.4) is 0 Å². The standard InChI is InChI=1S/C25H29FN2O5/c1-4-9-19-22(24(29)32-6-3)23(28-25(30)27-19)16-12-13-20(21(14-16)31-5-2)33-15-17-10-7-8-11-18(17)26/h7-8,10-14,23H,4-6,9,15H2,1-3H3,(H2,27,28,30). The Morgan fingerprint density at radius 3 is 2.52 bits per heavy atom. The minimum absolute atomic E-state index is 0.0325. The average molecular weight is 457 g/mol. The van der Waals surface area contributed by atoms with Crippen molar-refractivity contribution in [1.29, 1.82) is 0 Å². The fourth-order valence-corrected chi connectivity index (χ4v) is 3.63. The van der Waals surface area contributed by atoms with E-state index < -0.39 is 18.0 Å². The van der Waals surface area contributed by atoms with Gasteiger partial charge in [0.2, 0.25) is 0 Å². The molecule has 1 aliphatic rings. The van der Waals surface area contributed by atoms with Gasteiger partial charge in [-0.05, 0) is 44.0 Å². The van der Waals surface area contributed by atoms with Crippen LogP contribution in [0, 0.1) is 5.82 Å². The summed E-state index contributed by atoms with van der Waals surface area (Å²) in [4.78, 5) is 25.1. The molecular formula is C25H29FN2O5. The van der Waals surface area contributed by atoms with Crippen LogP contribution in [-0.4, -0.2) is 25.2 Å². The van der Waals surface area contributed by atoms with Crippen LogP contribution in [0.1, 0.15) is 50.8 Å². The summed E-state index contributed by atoms with van der Waals surface area (Å²) in [6.45, 7) is 6.16. The lowest BCUT2D eigenvalue weighted by Crippen LogP contribution is -2.46. The number of hydrogen-bond acceptors (Lipinski definition) is 5. The van der Waals surface area contributed by atoms with Crippen molar-refractivity contribution in [1.82, 2.24) is 10.6 Å². The molecule has 2 N–H and O–H groups in total. The lowest BCUT2D eigenvalue weighted by molar-refractivity contribution is -0.139. The normalized spacial score (nSPS) is 15.5. The van der Waals surface area contributed by atoms with Gasteiger partial charge in [-0.1, -0.05) is 37.6 Å². The number of esters is 1. The molecule has 0 aromatic heterocycles. The molecule has 0 bridgehead atoms. The van der Waals surface area contributed by atoms with Gasteiger partial charge in [-0.25, -0.2) is 14.0 Å². The summed E-state index contributed by atoms with van der Waals surface area (Å²) in [5.74, 6) is 0.0207. The third-order valence-electron chi connectivity index (χ3n) is 5.09. The summed E-state index contributed by atoms with van der Waals surface area (Å²) in [6.07, 6.45) is 1.28. The van der Waals surface area contributed by atoms with Crippen molar-refractivity contribution in [3.8, 4) is 11.5 Å². The van der Waals surface area contributed by atoms with Crippen molar-refractivity contribution < 1.29 is 28.2 Å². The molecule has 8 heteroatoms. The molecule has 0 fully saturated rings. The quantitative estimate of drug-likeness (QED) is 0.503. The van der Waals surface area contributed by atoms with E-state index in [1.807, 2.05) is 13.8 Å². The Morgan fingerprint density at radius 1 is 1.03 bits per heavy atom. The van der Waals surface area contributed by atoms with Crippen LogP contribution in [-0.2, 0) is 16.1 Å². The van der Waals surface area contributed by atoms with E-state index in [9.17, 15) is 14.0 Å². The molecule has 176 valence electrons. The van der Waals surface area contributed by atoms with Gasteiger partial charge >= 0.3 is 12.0 Å². The SMILES string of the molecule is CCCC1=C(C(=O)OCC)C(c2ccc(OCc3ccccc3F)c(OCC)c2)NC(=O)N1. The Labute approximate surface area is 192 Å². The van der Waals surface area contributed by atoms with Gasteiger partial charge in [-0.2, -0.15) is 0 Å². The lowest BCUT2D eigenvalue weighted by atomic mass is 9.93. The summed E-state index contributed by atoms with van der Waals surface area (Å²) in [6, 6.07) is 10.4. The van der Waals surface area contributed by atoms with E-state index in [4.69, 9.17) is 14.2 Å². The number of carbonyl (C=O) groups is 2. The Morgan fingerprint density at radius 2 is 1.82 bits per heavy atom. The first kappa shape index (κ1) is 24.1. The smallest absolute Gasteiger partial charge is 0.338 e. The molecular weight excluding hydrogens is 427 g/mol. The minimum Gasteiger partial charge on any atom is -0.490 e. The number of hydrogen-bond donors (Lipinski definition) is 2. The summed E-state index contributed by atoms with van der Waals surface area (Å²) in [5.41, 5.74) is 1.97. The Balaban J connectivity index is 1.95. The Kier molecular flexibility index (Phi) is 8.29. The molecule has 2 aromatic carbocycles. The summed E-state index contributed by atoms with van der Waals surface area (Å²) in [5, 5.41) is 5.55. The molecule has 0 saturated heterocycles. The largest absolute Gasteiger partial charge is 0.490 e. The first-order chi connectivity index (χ1) is 16.0. The number of benzene rings is 2. The van der Waals surface area contributed by atoms with Crippen molar-refractivity contribution >= 4 is 12.0 Å². The molecule has 2 aromatic rings. The third kappa shape index (κ3) is 5.83. The predicted octanol–water partition coefficient (Wildman–Crippen LogP) is 4.77. The second-order valence-corrected chi connectivity index (χ2v) is 7.41. The van der Waals surface area contributed by atoms with Crippen molar-refractivity contribution in [2.45, 2.75) is 46.3 Å². The van der Waals surface area contributed by atoms with Gasteiger partial charge < -0.3 is 24.8 Å². The van der Waals surface area contributed by atoms with Gasteiger partial charge in [0.15, 0.2) is 11.5 Å². The maximum atomic E-state index is 14.0. The number of halogens is 1. The van der Waals surface area contributed by atoms with E-state index >= 15 is 0 Å². The molecule has 1 aliphatic heterocycles. The summed E-state index contributed by atoms with van der Waals surface area (Å²) >= 11 is 0. The summed E-state index contributed by atoms with van der Waals surface area (Å²) < 4.78 is 30.8. The maximum absolute atomic E-state index is 14.0. The number of rotatable bonds is 10. The van der Waals surface area contributed by atoms with E-state index in [0.29, 0.717) is 46.9 Å². The van der Waals surface area contributed by atoms with E-state index in [1.54, 1.807) is 43.3 Å². The number of carbonyl (C=O) groups excluding carboxylic acids is 2. The number of allylic oxidation sites excluding steroid dienone is 1. The van der Waals surface area contributed by atoms with Crippen molar-refractivity contribution in [3.63, 3.8) is 0 Å². The van der Waals surface area contributed by atoms with Gasteiger partial charge in [-0.3, -0.25) is 0 Å². The summed E-state index contributed by atoms with van der Waals surface area (Å²) in [7, 11) is 0. The Bertz CT molecular complexity index is 1040. The second-order valence-electron chi connectivity index (χ2n) is 7.41. The number of urea groups is 1. The first-order valence-electron chi connectivity index (χ1n) is 11.1. The molecule has 0 saturated carbocycles. The zero-order chi connectivity index (χ0) is 23.8. The molecule has 0 aliphatic carbocycles. The third-order valence-corrected chi connectivity index (χ3v) is 5.09. The molecule has 33 heavy (non-hydrogen) atoms. The van der Waals surface area contributed by atoms with E-state index in [2.05, 4.69) is 10.6 Å². The van der Waals surface area contributed by atoms with Crippen molar-refractivity contribution in [3.05, 3.63) is 70.7 Å². The minimum atomic E-state index is -0.709. The molecule has 2 amide bonds. The zero-order valence-corrected chi connectivity index (χ0v) is 19.1. The van der Waals surface area contributed by atoms with Gasteiger partial charge in [-0.15, -0.1) is 0 Å². The molecule has 1 unspecified atom stereocenters. The van der Waals surface area contributed by atoms with E-state index in [-0.39, 0.29) is 19.0 Å². The topological polar surface area (TPSA) is 85.9 Å². The molecule has 1 heterocycles. The highest BCUT2D eigenvalue weighted by atomic mass is 19.1. The monoisotopic (exact) mass is 456 g/mol. The number of nitrogens with one attached hydrogen (secondary N) is 2. The van der Waals surface area contributed by atoms with Crippen molar-refractivity contribution in [2.24, 2.45) is 0 Å². The fourth-order valence-electron chi connectivity index (χ4n) is 3.63. The first-order valence-corrected chi connectivity index (χ1v) is 11.1. The number of amides is 2. The lowest BCUT2D eigenvalue weighted by Gasteiger charge is -2.29. The van der Waals surface area contributed by atoms with Crippen LogP contribution in [0.25, 0.3) is 0 Å². The fraction of sp³-hybridized carbons (Fsp3) is 0.360. The molecule has 0 spiro atoms. The highest BCUT2D eigenvalue weighted by molar-refractivity contribution is 5.95. The van der Waals surface area contributed by atoms with Crippen LogP contribution in [0.15, 0.2) is 53.7 Å². The molecule has 0 radical (unpaired) electrons. The predicted molar refractivity (Wildman–Crippen MR) is 121 cm³/mol. The van der Waals surface area contributed by atoms with Crippen LogP contribution >= 0.6 is 0 Å². The van der Waals surface area contributed by atoms with Crippen LogP contribution in [0.2, 0.25) is 0 Å². The van der Waals surface area contributed by atoms with E-state index in [1.165, 1.54) is 6.07 Å². The van der Waals surface area contributed by atoms with Crippen LogP contribution < -0.4 is 20.1 Å². The van der Waals surface area contributed by atoms with Gasteiger partial charge in [0.25, 0.3) is 0 Å². The average Bonchev–Trinajstić information content (AvgIpc) is 2.79. The van der Waals surface area contributed by atoms with Crippen molar-refractivity contribution in [2.75, 3.05) is 13.2 Å². The molecule has 3 rings (SSSR count). The maximum Gasteiger partial charge on any atom is 0.338 e. The Hall–Kier alpha value is -3.55. The molecule has 1 atom stereocenters. The highest BCUT2D eigenvalue weighted by Crippen LogP contribution is 2.36. The van der Waals surface area contributed by atoms with Gasteiger partial charge in [0, 0.05) is 11.3 Å². The highest BCUT2D eigenvalue weighted by Gasteiger charge is 2.33. The van der Waals surface area contributed by atoms with Crippen LogP contribution in [0.5, 0.6) is 11.5 Å². The zero-order valence-electron chi connectivity index (χ0n) is 19.1. The van der Waals surface area contributed by atoms with Gasteiger partial charge in [0.05, 0.1) is 24.8 Å². The second kappa shape index (κ2) is 11.4. The number of ether oxygens (including phenoxy) is 3. The van der Waals surface area contributed by atoms with E-state index in [0.717, 1.165) is 6.42 Å². The molecule has 7 nitrogen and oxygen atoms in total. The van der Waals surface area contributed by atoms with Crippen LogP contribution in [0.4, 0.5) is 9.18 Å².